The van der Waals surface area contributed by atoms with Crippen molar-refractivity contribution in [3.05, 3.63) is 6.07 Å². The molecule has 4 nitrogen and oxygen atoms in total. The monoisotopic (exact) mass is 266 g/mol. The average molecular weight is 266 g/mol. The number of fused-ring (bicyclic) bond motifs is 1. The number of rotatable bonds is 1. The molecule has 0 fully saturated rings. The van der Waals surface area contributed by atoms with Crippen LogP contribution >= 0.6 is 35.3 Å². The van der Waals surface area contributed by atoms with E-state index in [-0.39, 0.29) is 4.21 Å². The number of primary sulfonamides is 1. The van der Waals surface area contributed by atoms with Crippen LogP contribution in [0.2, 0.25) is 0 Å². The smallest absolute Gasteiger partial charge is 0.247 e. The molecule has 0 aliphatic carbocycles. The molecular weight excluding hydrogens is 260 g/mol. The van der Waals surface area contributed by atoms with Gasteiger partial charge in [0.1, 0.15) is 4.21 Å². The summed E-state index contributed by atoms with van der Waals surface area (Å²) in [5.41, 5.74) is 0.750. The van der Waals surface area contributed by atoms with Crippen LogP contribution in [0.5, 0.6) is 0 Å². The molecule has 0 atom stereocenters. The summed E-state index contributed by atoms with van der Waals surface area (Å²) in [7, 11) is -3.59. The molecule has 1 aromatic heterocycles. The highest BCUT2D eigenvalue weighted by atomic mass is 32.3. The fraction of sp³-hybridized carbons (Fsp3) is 0.167. The first-order chi connectivity index (χ1) is 6.47. The zero-order chi connectivity index (χ0) is 10.3. The van der Waals surface area contributed by atoms with Gasteiger partial charge in [-0.3, -0.25) is 0 Å². The first-order valence-corrected chi connectivity index (χ1v) is 7.32. The molecule has 0 bridgehead atoms. The second-order valence-electron chi connectivity index (χ2n) is 2.65. The van der Waals surface area contributed by atoms with E-state index >= 15 is 0 Å². The highest BCUT2D eigenvalue weighted by molar-refractivity contribution is 8.03. The molecule has 0 amide bonds. The van der Waals surface area contributed by atoms with Crippen molar-refractivity contribution in [1.82, 2.24) is 0 Å². The van der Waals surface area contributed by atoms with Crippen LogP contribution in [-0.4, -0.2) is 19.2 Å². The Kier molecular flexibility index (Phi) is 2.56. The Morgan fingerprint density at radius 3 is 2.93 bits per heavy atom. The summed E-state index contributed by atoms with van der Waals surface area (Å²) in [6.45, 7) is 0. The van der Waals surface area contributed by atoms with Gasteiger partial charge in [-0.1, -0.05) is 12.2 Å². The predicted octanol–water partition coefficient (Wildman–Crippen LogP) is 1.24. The van der Waals surface area contributed by atoms with Crippen LogP contribution in [-0.2, 0) is 10.0 Å². The Labute approximate surface area is 94.9 Å². The summed E-state index contributed by atoms with van der Waals surface area (Å²) in [4.78, 5) is 0.710. The van der Waals surface area contributed by atoms with Crippen LogP contribution in [0.15, 0.2) is 14.5 Å². The molecule has 1 aliphatic rings. The number of thioether (sulfide) groups is 1. The molecule has 76 valence electrons. The number of hydrogen-bond acceptors (Lipinski definition) is 5. The molecular formula is C6H6N2O2S4. The maximum Gasteiger partial charge on any atom is 0.247 e. The third-order valence-corrected chi connectivity index (χ3v) is 5.86. The Morgan fingerprint density at radius 2 is 2.29 bits per heavy atom. The number of thiophene rings is 1. The standard InChI is InChI=1S/C6H6N2O2S4/c7-14(9,10)5-1-3-6(13-5)12-2-4(11)8-3/h1H,2H2,(H,8,11)(H2,7,9,10). The predicted molar refractivity (Wildman–Crippen MR) is 62.6 cm³/mol. The Hall–Kier alpha value is -0.150. The van der Waals surface area contributed by atoms with E-state index in [1.165, 1.54) is 29.2 Å². The van der Waals surface area contributed by atoms with Crippen LogP contribution in [0, 0.1) is 0 Å². The molecule has 0 spiro atoms. The van der Waals surface area contributed by atoms with Crippen molar-refractivity contribution in [3.8, 4) is 0 Å². The van der Waals surface area contributed by atoms with Gasteiger partial charge in [-0.25, -0.2) is 13.6 Å². The van der Waals surface area contributed by atoms with Crippen LogP contribution in [0.3, 0.4) is 0 Å². The normalized spacial score (nSPS) is 16.2. The highest BCUT2D eigenvalue weighted by Crippen LogP contribution is 2.40. The van der Waals surface area contributed by atoms with Gasteiger partial charge in [0, 0.05) is 5.75 Å². The zero-order valence-corrected chi connectivity index (χ0v) is 10.1. The van der Waals surface area contributed by atoms with Crippen LogP contribution < -0.4 is 10.5 Å². The van der Waals surface area contributed by atoms with E-state index in [0.29, 0.717) is 10.7 Å². The number of sulfonamides is 1. The third-order valence-electron chi connectivity index (χ3n) is 1.56. The highest BCUT2D eigenvalue weighted by Gasteiger charge is 2.20. The molecule has 0 saturated heterocycles. The van der Waals surface area contributed by atoms with Gasteiger partial charge in [0.05, 0.1) is 14.9 Å². The summed E-state index contributed by atoms with van der Waals surface area (Å²) in [5.74, 6) is 0.687. The maximum atomic E-state index is 11.1. The molecule has 1 aromatic rings. The van der Waals surface area contributed by atoms with Crippen molar-refractivity contribution >= 4 is 56.0 Å². The maximum absolute atomic E-state index is 11.1. The van der Waals surface area contributed by atoms with E-state index in [0.717, 1.165) is 9.90 Å². The van der Waals surface area contributed by atoms with Gasteiger partial charge in [0.25, 0.3) is 0 Å². The summed E-state index contributed by atoms with van der Waals surface area (Å²) in [5, 5.41) is 7.97. The van der Waals surface area contributed by atoms with Crippen molar-refractivity contribution in [3.63, 3.8) is 0 Å². The summed E-state index contributed by atoms with van der Waals surface area (Å²) in [6, 6.07) is 1.52. The van der Waals surface area contributed by atoms with E-state index in [1.54, 1.807) is 0 Å². The van der Waals surface area contributed by atoms with Crippen molar-refractivity contribution < 1.29 is 8.42 Å². The number of nitrogens with two attached hydrogens (primary N) is 1. The lowest BCUT2D eigenvalue weighted by Gasteiger charge is -2.12. The Bertz CT molecular complexity index is 490. The van der Waals surface area contributed by atoms with Crippen molar-refractivity contribution in [2.24, 2.45) is 5.14 Å². The number of nitrogens with one attached hydrogen (secondary N) is 1. The molecule has 1 aliphatic heterocycles. The Balaban J connectivity index is 2.47. The molecule has 8 heteroatoms. The van der Waals surface area contributed by atoms with Crippen molar-refractivity contribution in [1.29, 1.82) is 0 Å². The lowest BCUT2D eigenvalue weighted by atomic mass is 10.5. The van der Waals surface area contributed by atoms with Gasteiger partial charge in [-0.15, -0.1) is 23.1 Å². The van der Waals surface area contributed by atoms with E-state index in [9.17, 15) is 8.42 Å². The summed E-state index contributed by atoms with van der Waals surface area (Å²) < 4.78 is 23.2. The molecule has 2 rings (SSSR count). The first-order valence-electron chi connectivity index (χ1n) is 3.56. The summed E-state index contributed by atoms with van der Waals surface area (Å²) in [6.07, 6.45) is 0. The van der Waals surface area contributed by atoms with E-state index in [2.05, 4.69) is 5.32 Å². The SMILES string of the molecule is NS(=O)(=O)c1cc2c(s1)SCC(=S)N2. The second-order valence-corrected chi connectivity index (χ2v) is 7.23. The van der Waals surface area contributed by atoms with Gasteiger partial charge in [-0.2, -0.15) is 0 Å². The first kappa shape index (κ1) is 10.4. The largest absolute Gasteiger partial charge is 0.348 e. The number of anilines is 1. The average Bonchev–Trinajstić information content (AvgIpc) is 2.45. The van der Waals surface area contributed by atoms with Crippen LogP contribution in [0.25, 0.3) is 0 Å². The van der Waals surface area contributed by atoms with Gasteiger partial charge in [0.15, 0.2) is 0 Å². The van der Waals surface area contributed by atoms with Gasteiger partial charge in [-0.05, 0) is 6.07 Å². The fourth-order valence-corrected chi connectivity index (χ4v) is 4.31. The molecule has 3 N–H and O–H groups in total. The van der Waals surface area contributed by atoms with E-state index in [1.807, 2.05) is 0 Å². The molecule has 0 aromatic carbocycles. The third kappa shape index (κ3) is 1.94. The quantitative estimate of drug-likeness (QED) is 0.748. The lowest BCUT2D eigenvalue weighted by molar-refractivity contribution is 0.600. The number of hydrogen-bond donors (Lipinski definition) is 2. The molecule has 0 radical (unpaired) electrons. The van der Waals surface area contributed by atoms with E-state index < -0.39 is 10.0 Å². The van der Waals surface area contributed by atoms with Crippen molar-refractivity contribution in [2.45, 2.75) is 8.42 Å². The van der Waals surface area contributed by atoms with Gasteiger partial charge >= 0.3 is 0 Å². The molecule has 0 unspecified atom stereocenters. The molecule has 14 heavy (non-hydrogen) atoms. The lowest BCUT2D eigenvalue weighted by Crippen LogP contribution is -2.15. The minimum Gasteiger partial charge on any atom is -0.348 e. The van der Waals surface area contributed by atoms with Gasteiger partial charge in [0.2, 0.25) is 10.0 Å². The van der Waals surface area contributed by atoms with Gasteiger partial charge < -0.3 is 5.32 Å². The van der Waals surface area contributed by atoms with Crippen molar-refractivity contribution in [2.75, 3.05) is 11.1 Å². The van der Waals surface area contributed by atoms with Crippen LogP contribution in [0.1, 0.15) is 0 Å². The summed E-state index contributed by atoms with van der Waals surface area (Å²) >= 11 is 7.68. The van der Waals surface area contributed by atoms with E-state index in [4.69, 9.17) is 17.4 Å². The fourth-order valence-electron chi connectivity index (χ4n) is 1.00. The Morgan fingerprint density at radius 1 is 1.57 bits per heavy atom. The minimum atomic E-state index is -3.59. The zero-order valence-electron chi connectivity index (χ0n) is 6.81. The molecule has 2 heterocycles. The molecule has 0 saturated carbocycles. The topological polar surface area (TPSA) is 72.2 Å². The second kappa shape index (κ2) is 3.46. The van der Waals surface area contributed by atoms with Crippen LogP contribution in [0.4, 0.5) is 5.69 Å². The minimum absolute atomic E-state index is 0.173. The number of thiocarbonyl (C=S) groups is 1.